The van der Waals surface area contributed by atoms with Gasteiger partial charge in [0.25, 0.3) is 0 Å². The third kappa shape index (κ3) is 3.49. The van der Waals surface area contributed by atoms with Gasteiger partial charge in [-0.05, 0) is 42.8 Å². The van der Waals surface area contributed by atoms with Crippen molar-refractivity contribution in [3.05, 3.63) is 91.0 Å². The molecule has 0 bridgehead atoms. The Morgan fingerprint density at radius 3 is 2.62 bits per heavy atom. The van der Waals surface area contributed by atoms with Crippen LogP contribution < -0.4 is 0 Å². The Morgan fingerprint density at radius 2 is 1.79 bits per heavy atom. The summed E-state index contributed by atoms with van der Waals surface area (Å²) < 4.78 is 17.5. The second-order valence-electron chi connectivity index (χ2n) is 8.32. The number of imidazole rings is 1. The standard InChI is InChI=1S/C26H20FN7/c1-16(17-6-7-23-19(8-17)9-20(11-28-23)21-12-31-33(2)14-21)34-15-30-25-26(34)32-24(13-29-25)18-4-3-5-22(27)10-18/h3-16H,1-2H3. The SMILES string of the molecule is CC(c1ccc2ncc(-c3cnn(C)c3)cc2c1)n1cnc2ncc(-c3cccc(F)c3)nc21. The topological polar surface area (TPSA) is 74.3 Å². The number of hydrogen-bond acceptors (Lipinski definition) is 5. The van der Waals surface area contributed by atoms with E-state index >= 15 is 0 Å². The molecule has 166 valence electrons. The second-order valence-corrected chi connectivity index (χ2v) is 8.32. The molecule has 0 aliphatic heterocycles. The molecule has 0 aliphatic rings. The van der Waals surface area contributed by atoms with Crippen LogP contribution in [0.5, 0.6) is 0 Å². The molecule has 34 heavy (non-hydrogen) atoms. The van der Waals surface area contributed by atoms with Crippen molar-refractivity contribution in [1.29, 1.82) is 0 Å². The Bertz CT molecular complexity index is 1670. The predicted octanol–water partition coefficient (Wildman–Crippen LogP) is 5.19. The molecule has 6 aromatic rings. The van der Waals surface area contributed by atoms with Crippen molar-refractivity contribution in [2.75, 3.05) is 0 Å². The number of rotatable bonds is 4. The number of fused-ring (bicyclic) bond motifs is 2. The molecule has 1 atom stereocenters. The number of hydrogen-bond donors (Lipinski definition) is 0. The first kappa shape index (κ1) is 20.2. The summed E-state index contributed by atoms with van der Waals surface area (Å²) in [6.45, 7) is 2.09. The maximum atomic E-state index is 13.7. The molecule has 0 saturated carbocycles. The third-order valence-corrected chi connectivity index (χ3v) is 6.05. The minimum Gasteiger partial charge on any atom is -0.307 e. The predicted molar refractivity (Wildman–Crippen MR) is 128 cm³/mol. The molecule has 4 heterocycles. The monoisotopic (exact) mass is 449 g/mol. The molecule has 0 spiro atoms. The van der Waals surface area contributed by atoms with Gasteiger partial charge in [-0.25, -0.2) is 19.3 Å². The number of nitrogens with zero attached hydrogens (tertiary/aromatic N) is 7. The third-order valence-electron chi connectivity index (χ3n) is 6.05. The fourth-order valence-electron chi connectivity index (χ4n) is 4.18. The maximum absolute atomic E-state index is 13.7. The minimum absolute atomic E-state index is 0.0477. The van der Waals surface area contributed by atoms with Crippen molar-refractivity contribution >= 4 is 22.2 Å². The van der Waals surface area contributed by atoms with Gasteiger partial charge in [-0.15, -0.1) is 0 Å². The Hall–Kier alpha value is -4.46. The van der Waals surface area contributed by atoms with Gasteiger partial charge in [0.2, 0.25) is 0 Å². The molecular formula is C26H20FN7. The van der Waals surface area contributed by atoms with Crippen LogP contribution in [-0.4, -0.2) is 34.3 Å². The van der Waals surface area contributed by atoms with Gasteiger partial charge < -0.3 is 4.57 Å². The van der Waals surface area contributed by atoms with E-state index in [1.165, 1.54) is 12.1 Å². The number of halogens is 1. The summed E-state index contributed by atoms with van der Waals surface area (Å²) >= 11 is 0. The highest BCUT2D eigenvalue weighted by molar-refractivity contribution is 5.84. The average molecular weight is 449 g/mol. The first-order valence-electron chi connectivity index (χ1n) is 10.9. The van der Waals surface area contributed by atoms with Gasteiger partial charge >= 0.3 is 0 Å². The van der Waals surface area contributed by atoms with Crippen LogP contribution in [-0.2, 0) is 7.05 Å². The fourth-order valence-corrected chi connectivity index (χ4v) is 4.18. The van der Waals surface area contributed by atoms with Crippen LogP contribution in [0.3, 0.4) is 0 Å². The van der Waals surface area contributed by atoms with Crippen molar-refractivity contribution < 1.29 is 4.39 Å². The van der Waals surface area contributed by atoms with E-state index in [2.05, 4.69) is 45.2 Å². The van der Waals surface area contributed by atoms with E-state index in [-0.39, 0.29) is 11.9 Å². The summed E-state index contributed by atoms with van der Waals surface area (Å²) in [5.74, 6) is -0.309. The van der Waals surface area contributed by atoms with Crippen molar-refractivity contribution in [3.63, 3.8) is 0 Å². The molecular weight excluding hydrogens is 429 g/mol. The number of pyridine rings is 1. The van der Waals surface area contributed by atoms with Gasteiger partial charge in [0.05, 0.1) is 36.0 Å². The van der Waals surface area contributed by atoms with Gasteiger partial charge in [0, 0.05) is 41.5 Å². The molecule has 8 heteroatoms. The van der Waals surface area contributed by atoms with Crippen LogP contribution in [0.25, 0.3) is 44.6 Å². The zero-order valence-corrected chi connectivity index (χ0v) is 18.6. The second kappa shape index (κ2) is 7.84. The average Bonchev–Trinajstić information content (AvgIpc) is 3.48. The Balaban J connectivity index is 1.40. The highest BCUT2D eigenvalue weighted by Crippen LogP contribution is 2.28. The normalized spacial score (nSPS) is 12.4. The summed E-state index contributed by atoms with van der Waals surface area (Å²) in [5.41, 5.74) is 6.53. The maximum Gasteiger partial charge on any atom is 0.197 e. The number of aromatic nitrogens is 7. The molecule has 6 rings (SSSR count). The summed E-state index contributed by atoms with van der Waals surface area (Å²) in [7, 11) is 1.90. The zero-order chi connectivity index (χ0) is 23.2. The lowest BCUT2D eigenvalue weighted by atomic mass is 10.0. The Kier molecular flexibility index (Phi) is 4.65. The summed E-state index contributed by atoms with van der Waals surface area (Å²) in [6.07, 6.45) is 9.05. The molecule has 4 aromatic heterocycles. The van der Waals surface area contributed by atoms with Crippen molar-refractivity contribution in [2.24, 2.45) is 7.05 Å². The lowest BCUT2D eigenvalue weighted by molar-refractivity contribution is 0.628. The molecule has 0 fully saturated rings. The van der Waals surface area contributed by atoms with Crippen molar-refractivity contribution in [2.45, 2.75) is 13.0 Å². The summed E-state index contributed by atoms with van der Waals surface area (Å²) in [6, 6.07) is 14.7. The van der Waals surface area contributed by atoms with Gasteiger partial charge in [-0.3, -0.25) is 9.67 Å². The smallest absolute Gasteiger partial charge is 0.197 e. The van der Waals surface area contributed by atoms with Crippen molar-refractivity contribution in [3.8, 4) is 22.4 Å². The van der Waals surface area contributed by atoms with E-state index in [1.54, 1.807) is 23.3 Å². The molecule has 1 unspecified atom stereocenters. The fraction of sp³-hybridized carbons (Fsp3) is 0.115. The van der Waals surface area contributed by atoms with Gasteiger partial charge in [-0.2, -0.15) is 5.10 Å². The number of aryl methyl sites for hydroxylation is 1. The molecule has 0 radical (unpaired) electrons. The lowest BCUT2D eigenvalue weighted by Crippen LogP contribution is -2.07. The van der Waals surface area contributed by atoms with Crippen LogP contribution in [0.4, 0.5) is 4.39 Å². The van der Waals surface area contributed by atoms with E-state index < -0.39 is 0 Å². The largest absolute Gasteiger partial charge is 0.307 e. The highest BCUT2D eigenvalue weighted by atomic mass is 19.1. The Morgan fingerprint density at radius 1 is 0.882 bits per heavy atom. The van der Waals surface area contributed by atoms with E-state index in [0.717, 1.165) is 27.6 Å². The quantitative estimate of drug-likeness (QED) is 0.370. The first-order valence-corrected chi connectivity index (χ1v) is 10.9. The molecule has 0 amide bonds. The minimum atomic E-state index is -0.309. The number of benzene rings is 2. The molecule has 7 nitrogen and oxygen atoms in total. The zero-order valence-electron chi connectivity index (χ0n) is 18.6. The van der Waals surface area contributed by atoms with E-state index in [0.29, 0.717) is 22.6 Å². The lowest BCUT2D eigenvalue weighted by Gasteiger charge is -2.15. The van der Waals surface area contributed by atoms with Crippen LogP contribution >= 0.6 is 0 Å². The molecule has 2 aromatic carbocycles. The van der Waals surface area contributed by atoms with Gasteiger partial charge in [-0.1, -0.05) is 18.2 Å². The van der Waals surface area contributed by atoms with E-state index in [4.69, 9.17) is 4.98 Å². The molecule has 0 aliphatic carbocycles. The van der Waals surface area contributed by atoms with E-state index in [1.807, 2.05) is 42.3 Å². The van der Waals surface area contributed by atoms with Gasteiger partial charge in [0.15, 0.2) is 11.3 Å². The van der Waals surface area contributed by atoms with E-state index in [9.17, 15) is 4.39 Å². The van der Waals surface area contributed by atoms with Crippen LogP contribution in [0.1, 0.15) is 18.5 Å². The Labute approximate surface area is 194 Å². The summed E-state index contributed by atoms with van der Waals surface area (Å²) in [5, 5.41) is 5.30. The highest BCUT2D eigenvalue weighted by Gasteiger charge is 2.16. The van der Waals surface area contributed by atoms with Crippen molar-refractivity contribution in [1.82, 2.24) is 34.3 Å². The van der Waals surface area contributed by atoms with Crippen LogP contribution in [0, 0.1) is 5.82 Å². The molecule has 0 N–H and O–H groups in total. The first-order chi connectivity index (χ1) is 16.5. The van der Waals surface area contributed by atoms with Gasteiger partial charge in [0.1, 0.15) is 5.82 Å². The van der Waals surface area contributed by atoms with Crippen LogP contribution in [0.2, 0.25) is 0 Å². The summed E-state index contributed by atoms with van der Waals surface area (Å²) in [4.78, 5) is 18.3. The molecule has 0 saturated heterocycles. The van der Waals surface area contributed by atoms with Crippen LogP contribution in [0.15, 0.2) is 79.6 Å².